The maximum absolute atomic E-state index is 12.4. The molecule has 31 heavy (non-hydrogen) atoms. The molecule has 7 heteroatoms. The molecule has 2 aromatic rings. The van der Waals surface area contributed by atoms with E-state index in [-0.39, 0.29) is 30.2 Å². The van der Waals surface area contributed by atoms with Gasteiger partial charge in [-0.05, 0) is 92.2 Å². The van der Waals surface area contributed by atoms with E-state index in [1.54, 1.807) is 36.4 Å². The highest BCUT2D eigenvalue weighted by atomic mass is 16.5. The molecule has 2 amide bonds. The average Bonchev–Trinajstić information content (AvgIpc) is 3.30. The van der Waals surface area contributed by atoms with E-state index in [9.17, 15) is 14.4 Å². The van der Waals surface area contributed by atoms with Gasteiger partial charge < -0.3 is 19.8 Å². The highest BCUT2D eigenvalue weighted by Crippen LogP contribution is 2.53. The smallest absolute Gasteiger partial charge is 0.338 e. The summed E-state index contributed by atoms with van der Waals surface area (Å²) in [5.41, 5.74) is 0.844. The second-order valence-corrected chi connectivity index (χ2v) is 9.11. The van der Waals surface area contributed by atoms with Gasteiger partial charge in [0.15, 0.2) is 12.4 Å². The van der Waals surface area contributed by atoms with Crippen molar-refractivity contribution in [3.8, 4) is 0 Å². The second kappa shape index (κ2) is 8.21. The zero-order valence-electron chi connectivity index (χ0n) is 17.2. The number of furan rings is 1. The van der Waals surface area contributed by atoms with Crippen LogP contribution < -0.4 is 10.6 Å². The number of nitrogens with one attached hydrogen (secondary N) is 2. The number of rotatable bonds is 6. The van der Waals surface area contributed by atoms with E-state index in [1.807, 2.05) is 0 Å². The predicted molar refractivity (Wildman–Crippen MR) is 112 cm³/mol. The van der Waals surface area contributed by atoms with E-state index in [0.717, 1.165) is 11.8 Å². The lowest BCUT2D eigenvalue weighted by Gasteiger charge is -2.54. The van der Waals surface area contributed by atoms with Crippen molar-refractivity contribution < 1.29 is 23.5 Å². The lowest BCUT2D eigenvalue weighted by molar-refractivity contribution is -0.128. The van der Waals surface area contributed by atoms with E-state index in [2.05, 4.69) is 10.6 Å². The summed E-state index contributed by atoms with van der Waals surface area (Å²) in [7, 11) is 0. The van der Waals surface area contributed by atoms with Gasteiger partial charge in [0.25, 0.3) is 11.8 Å². The van der Waals surface area contributed by atoms with Crippen molar-refractivity contribution in [2.24, 2.45) is 23.7 Å². The van der Waals surface area contributed by atoms with Crippen LogP contribution in [0.2, 0.25) is 0 Å². The van der Waals surface area contributed by atoms with E-state index in [1.165, 1.54) is 38.4 Å². The number of hydrogen-bond acceptors (Lipinski definition) is 5. The van der Waals surface area contributed by atoms with Crippen LogP contribution in [0.3, 0.4) is 0 Å². The normalized spacial score (nSPS) is 28.2. The standard InChI is InChI=1S/C24H26N2O5/c27-21(26-22-17-9-14-8-15(11-17)12-18(22)10-14)13-31-24(29)16-3-5-19(6-4-16)25-23(28)20-2-1-7-30-20/h1-7,14-15,17-18,22H,8-13H2,(H,25,28)(H,26,27). The first kappa shape index (κ1) is 19.8. The summed E-state index contributed by atoms with van der Waals surface area (Å²) in [4.78, 5) is 36.7. The largest absolute Gasteiger partial charge is 0.459 e. The highest BCUT2D eigenvalue weighted by Gasteiger charge is 2.48. The molecule has 0 aliphatic heterocycles. The Hall–Kier alpha value is -3.09. The van der Waals surface area contributed by atoms with Crippen molar-refractivity contribution in [1.82, 2.24) is 5.32 Å². The van der Waals surface area contributed by atoms with Crippen LogP contribution >= 0.6 is 0 Å². The van der Waals surface area contributed by atoms with Gasteiger partial charge in [-0.15, -0.1) is 0 Å². The summed E-state index contributed by atoms with van der Waals surface area (Å²) < 4.78 is 10.3. The molecule has 4 aliphatic rings. The lowest BCUT2D eigenvalue weighted by Crippen LogP contribution is -2.56. The number of carbonyl (C=O) groups excluding carboxylic acids is 3. The Morgan fingerprint density at radius 3 is 2.23 bits per heavy atom. The Morgan fingerprint density at radius 1 is 0.935 bits per heavy atom. The Morgan fingerprint density at radius 2 is 1.61 bits per heavy atom. The van der Waals surface area contributed by atoms with E-state index in [4.69, 9.17) is 9.15 Å². The Bertz CT molecular complexity index is 938. The third kappa shape index (κ3) is 4.22. The fraction of sp³-hybridized carbons (Fsp3) is 0.458. The molecule has 0 radical (unpaired) electrons. The molecule has 0 saturated heterocycles. The maximum atomic E-state index is 12.4. The van der Waals surface area contributed by atoms with Gasteiger partial charge in [-0.2, -0.15) is 0 Å². The van der Waals surface area contributed by atoms with Crippen molar-refractivity contribution in [3.05, 3.63) is 54.0 Å². The van der Waals surface area contributed by atoms with Crippen LogP contribution in [-0.4, -0.2) is 30.4 Å². The fourth-order valence-corrected chi connectivity index (χ4v) is 5.89. The number of ether oxygens (including phenoxy) is 1. The molecule has 2 N–H and O–H groups in total. The van der Waals surface area contributed by atoms with Crippen molar-refractivity contribution in [2.75, 3.05) is 11.9 Å². The molecular formula is C24H26N2O5. The van der Waals surface area contributed by atoms with Crippen LogP contribution in [0.15, 0.2) is 47.1 Å². The Balaban J connectivity index is 1.10. The SMILES string of the molecule is O=C(COC(=O)c1ccc(NC(=O)c2ccco2)cc1)NC1C2CC3CC(C2)CC1C3. The quantitative estimate of drug-likeness (QED) is 0.693. The van der Waals surface area contributed by atoms with E-state index < -0.39 is 5.97 Å². The molecule has 0 spiro atoms. The maximum Gasteiger partial charge on any atom is 0.338 e. The molecule has 4 fully saturated rings. The molecule has 4 bridgehead atoms. The molecule has 1 aromatic heterocycles. The number of hydrogen-bond donors (Lipinski definition) is 2. The number of esters is 1. The monoisotopic (exact) mass is 422 g/mol. The van der Waals surface area contributed by atoms with Crippen molar-refractivity contribution in [1.29, 1.82) is 0 Å². The van der Waals surface area contributed by atoms with Crippen LogP contribution in [-0.2, 0) is 9.53 Å². The zero-order chi connectivity index (χ0) is 21.4. The molecule has 6 rings (SSSR count). The van der Waals surface area contributed by atoms with Crippen molar-refractivity contribution in [3.63, 3.8) is 0 Å². The van der Waals surface area contributed by atoms with Gasteiger partial charge in [-0.1, -0.05) is 0 Å². The first-order valence-electron chi connectivity index (χ1n) is 11.0. The minimum Gasteiger partial charge on any atom is -0.459 e. The van der Waals surface area contributed by atoms with Gasteiger partial charge in [0.1, 0.15) is 0 Å². The first-order chi connectivity index (χ1) is 15.0. The van der Waals surface area contributed by atoms with Gasteiger partial charge in [0.05, 0.1) is 11.8 Å². The van der Waals surface area contributed by atoms with E-state index in [0.29, 0.717) is 23.1 Å². The van der Waals surface area contributed by atoms with Crippen LogP contribution in [0, 0.1) is 23.7 Å². The number of amides is 2. The molecule has 7 nitrogen and oxygen atoms in total. The molecule has 4 aliphatic carbocycles. The molecule has 1 aromatic carbocycles. The summed E-state index contributed by atoms with van der Waals surface area (Å²) >= 11 is 0. The summed E-state index contributed by atoms with van der Waals surface area (Å²) in [6.07, 6.45) is 7.69. The first-order valence-corrected chi connectivity index (χ1v) is 11.0. The Labute approximate surface area is 180 Å². The highest BCUT2D eigenvalue weighted by molar-refractivity contribution is 6.02. The molecule has 0 atom stereocenters. The molecule has 1 heterocycles. The minimum atomic E-state index is -0.566. The fourth-order valence-electron chi connectivity index (χ4n) is 5.89. The topological polar surface area (TPSA) is 97.6 Å². The van der Waals surface area contributed by atoms with Gasteiger partial charge in [0, 0.05) is 11.7 Å². The molecule has 162 valence electrons. The number of benzene rings is 1. The average molecular weight is 422 g/mol. The van der Waals surface area contributed by atoms with Crippen molar-refractivity contribution in [2.45, 2.75) is 38.1 Å². The van der Waals surface area contributed by atoms with Crippen LogP contribution in [0.5, 0.6) is 0 Å². The molecular weight excluding hydrogens is 396 g/mol. The number of carbonyl (C=O) groups is 3. The van der Waals surface area contributed by atoms with Crippen LogP contribution in [0.25, 0.3) is 0 Å². The third-order valence-electron chi connectivity index (χ3n) is 7.01. The van der Waals surface area contributed by atoms with E-state index >= 15 is 0 Å². The summed E-state index contributed by atoms with van der Waals surface area (Å²) in [5.74, 6) is 1.90. The van der Waals surface area contributed by atoms with Gasteiger partial charge in [-0.3, -0.25) is 9.59 Å². The molecule has 4 saturated carbocycles. The molecule has 0 unspecified atom stereocenters. The second-order valence-electron chi connectivity index (χ2n) is 9.11. The van der Waals surface area contributed by atoms with Crippen LogP contribution in [0.4, 0.5) is 5.69 Å². The Kier molecular flexibility index (Phi) is 5.26. The lowest BCUT2D eigenvalue weighted by atomic mass is 9.54. The van der Waals surface area contributed by atoms with Gasteiger partial charge in [-0.25, -0.2) is 4.79 Å². The third-order valence-corrected chi connectivity index (χ3v) is 7.01. The van der Waals surface area contributed by atoms with Gasteiger partial charge in [0.2, 0.25) is 0 Å². The minimum absolute atomic E-state index is 0.202. The van der Waals surface area contributed by atoms with Crippen LogP contribution in [0.1, 0.15) is 53.0 Å². The summed E-state index contributed by atoms with van der Waals surface area (Å²) in [6, 6.07) is 9.74. The predicted octanol–water partition coefficient (Wildman–Crippen LogP) is 3.63. The van der Waals surface area contributed by atoms with Gasteiger partial charge >= 0.3 is 5.97 Å². The summed E-state index contributed by atoms with van der Waals surface area (Å²) in [6.45, 7) is -0.279. The zero-order valence-corrected chi connectivity index (χ0v) is 17.2. The summed E-state index contributed by atoms with van der Waals surface area (Å²) in [5, 5.41) is 5.82. The van der Waals surface area contributed by atoms with Crippen molar-refractivity contribution >= 4 is 23.5 Å². The number of anilines is 1.